The van der Waals surface area contributed by atoms with Crippen molar-refractivity contribution >= 4 is 5.91 Å². The van der Waals surface area contributed by atoms with Crippen LogP contribution in [0.1, 0.15) is 27.4 Å². The van der Waals surface area contributed by atoms with E-state index in [4.69, 9.17) is 14.9 Å². The van der Waals surface area contributed by atoms with Crippen LogP contribution >= 0.6 is 0 Å². The van der Waals surface area contributed by atoms with Crippen LogP contribution in [-0.4, -0.2) is 19.0 Å². The molecule has 0 spiro atoms. The van der Waals surface area contributed by atoms with Gasteiger partial charge in [0, 0.05) is 13.1 Å². The molecule has 1 aromatic carbocycles. The zero-order chi connectivity index (χ0) is 15.2. The number of rotatable bonds is 6. The lowest BCUT2D eigenvalue weighted by Gasteiger charge is -2.08. The third-order valence-corrected chi connectivity index (χ3v) is 3.02. The maximum Gasteiger partial charge on any atom is 0.287 e. The van der Waals surface area contributed by atoms with Crippen molar-refractivity contribution in [2.24, 2.45) is 5.73 Å². The summed E-state index contributed by atoms with van der Waals surface area (Å²) >= 11 is 0. The Labute approximate surface area is 124 Å². The molecule has 21 heavy (non-hydrogen) atoms. The van der Waals surface area contributed by atoms with E-state index in [0.29, 0.717) is 18.8 Å². The molecule has 0 atom stereocenters. The number of furan rings is 1. The van der Waals surface area contributed by atoms with Crippen molar-refractivity contribution in [1.29, 1.82) is 0 Å². The number of nitrogens with one attached hydrogen (secondary N) is 1. The summed E-state index contributed by atoms with van der Waals surface area (Å²) in [7, 11) is 0. The summed E-state index contributed by atoms with van der Waals surface area (Å²) in [5.41, 5.74) is 7.59. The minimum atomic E-state index is -0.266. The second kappa shape index (κ2) is 6.95. The number of aryl methyl sites for hydroxylation is 2. The van der Waals surface area contributed by atoms with E-state index in [2.05, 4.69) is 11.4 Å². The standard InChI is InChI=1S/C16H20N2O3/c1-11-3-5-14(12(2)9-11)20-10-13-4-6-15(21-13)16(19)18-8-7-17/h3-6,9H,7-8,10,17H2,1-2H3,(H,18,19). The fraction of sp³-hybridized carbons (Fsp3) is 0.312. The molecule has 2 aromatic rings. The number of hydrogen-bond donors (Lipinski definition) is 2. The van der Waals surface area contributed by atoms with Gasteiger partial charge in [-0.1, -0.05) is 17.7 Å². The van der Waals surface area contributed by atoms with E-state index in [1.165, 1.54) is 5.56 Å². The van der Waals surface area contributed by atoms with Gasteiger partial charge in [-0.2, -0.15) is 0 Å². The van der Waals surface area contributed by atoms with Crippen LogP contribution < -0.4 is 15.8 Å². The molecule has 0 saturated heterocycles. The number of ether oxygens (including phenoxy) is 1. The van der Waals surface area contributed by atoms with Gasteiger partial charge in [0.15, 0.2) is 5.76 Å². The van der Waals surface area contributed by atoms with Gasteiger partial charge in [0.1, 0.15) is 18.1 Å². The average molecular weight is 288 g/mol. The van der Waals surface area contributed by atoms with Crippen molar-refractivity contribution in [1.82, 2.24) is 5.32 Å². The van der Waals surface area contributed by atoms with E-state index in [1.54, 1.807) is 12.1 Å². The van der Waals surface area contributed by atoms with Crippen LogP contribution in [-0.2, 0) is 6.61 Å². The smallest absolute Gasteiger partial charge is 0.287 e. The average Bonchev–Trinajstić information content (AvgIpc) is 2.93. The fourth-order valence-electron chi connectivity index (χ4n) is 1.96. The Balaban J connectivity index is 1.95. The summed E-state index contributed by atoms with van der Waals surface area (Å²) in [6, 6.07) is 9.36. The molecular formula is C16H20N2O3. The molecule has 5 heteroatoms. The van der Waals surface area contributed by atoms with Crippen LogP contribution in [0.4, 0.5) is 0 Å². The third-order valence-electron chi connectivity index (χ3n) is 3.02. The highest BCUT2D eigenvalue weighted by molar-refractivity contribution is 5.91. The normalized spacial score (nSPS) is 10.4. The topological polar surface area (TPSA) is 77.5 Å². The molecular weight excluding hydrogens is 268 g/mol. The van der Waals surface area contributed by atoms with Gasteiger partial charge in [-0.05, 0) is 37.6 Å². The third kappa shape index (κ3) is 4.10. The minimum absolute atomic E-state index is 0.266. The quantitative estimate of drug-likeness (QED) is 0.854. The molecule has 3 N–H and O–H groups in total. The van der Waals surface area contributed by atoms with E-state index >= 15 is 0 Å². The van der Waals surface area contributed by atoms with E-state index in [0.717, 1.165) is 11.3 Å². The van der Waals surface area contributed by atoms with Crippen molar-refractivity contribution in [3.05, 3.63) is 53.0 Å². The van der Waals surface area contributed by atoms with Gasteiger partial charge in [-0.15, -0.1) is 0 Å². The molecule has 0 unspecified atom stereocenters. The Hall–Kier alpha value is -2.27. The number of nitrogens with two attached hydrogens (primary N) is 1. The molecule has 0 aliphatic carbocycles. The van der Waals surface area contributed by atoms with Gasteiger partial charge in [0.05, 0.1) is 0 Å². The highest BCUT2D eigenvalue weighted by atomic mass is 16.5. The molecule has 0 fully saturated rings. The number of carbonyl (C=O) groups is 1. The van der Waals surface area contributed by atoms with Gasteiger partial charge < -0.3 is 20.2 Å². The van der Waals surface area contributed by atoms with E-state index < -0.39 is 0 Å². The van der Waals surface area contributed by atoms with Crippen LogP contribution in [0.25, 0.3) is 0 Å². The SMILES string of the molecule is Cc1ccc(OCc2ccc(C(=O)NCCN)o2)c(C)c1. The van der Waals surface area contributed by atoms with Crippen molar-refractivity contribution in [2.45, 2.75) is 20.5 Å². The first-order valence-electron chi connectivity index (χ1n) is 6.87. The highest BCUT2D eigenvalue weighted by Gasteiger charge is 2.11. The van der Waals surface area contributed by atoms with Crippen molar-refractivity contribution in [2.75, 3.05) is 13.1 Å². The lowest BCUT2D eigenvalue weighted by molar-refractivity contribution is 0.0923. The second-order valence-electron chi connectivity index (χ2n) is 4.87. The lowest BCUT2D eigenvalue weighted by Crippen LogP contribution is -2.28. The van der Waals surface area contributed by atoms with Gasteiger partial charge in [0.2, 0.25) is 0 Å². The summed E-state index contributed by atoms with van der Waals surface area (Å²) in [6.07, 6.45) is 0. The van der Waals surface area contributed by atoms with Crippen LogP contribution in [0.15, 0.2) is 34.7 Å². The van der Waals surface area contributed by atoms with Crippen molar-refractivity contribution in [3.63, 3.8) is 0 Å². The van der Waals surface area contributed by atoms with Gasteiger partial charge >= 0.3 is 0 Å². The maximum atomic E-state index is 11.7. The number of carbonyl (C=O) groups excluding carboxylic acids is 1. The molecule has 112 valence electrons. The largest absolute Gasteiger partial charge is 0.485 e. The van der Waals surface area contributed by atoms with E-state index in [1.807, 2.05) is 26.0 Å². The zero-order valence-electron chi connectivity index (χ0n) is 12.3. The predicted molar refractivity (Wildman–Crippen MR) is 80.3 cm³/mol. The highest BCUT2D eigenvalue weighted by Crippen LogP contribution is 2.20. The summed E-state index contributed by atoms with van der Waals surface area (Å²) in [6.45, 7) is 5.14. The Bertz CT molecular complexity index is 620. The Morgan fingerprint density at radius 2 is 2.10 bits per heavy atom. The predicted octanol–water partition coefficient (Wildman–Crippen LogP) is 2.16. The summed E-state index contributed by atoms with van der Waals surface area (Å²) in [4.78, 5) is 11.7. The summed E-state index contributed by atoms with van der Waals surface area (Å²) in [5, 5.41) is 2.65. The van der Waals surface area contributed by atoms with Crippen molar-refractivity contribution in [3.8, 4) is 5.75 Å². The minimum Gasteiger partial charge on any atom is -0.485 e. The molecule has 1 heterocycles. The molecule has 0 saturated carbocycles. The monoisotopic (exact) mass is 288 g/mol. The van der Waals surface area contributed by atoms with Crippen molar-refractivity contribution < 1.29 is 13.9 Å². The lowest BCUT2D eigenvalue weighted by atomic mass is 10.1. The molecule has 5 nitrogen and oxygen atoms in total. The number of hydrogen-bond acceptors (Lipinski definition) is 4. The molecule has 2 rings (SSSR count). The Kier molecular flexibility index (Phi) is 5.00. The second-order valence-corrected chi connectivity index (χ2v) is 4.87. The Morgan fingerprint density at radius 3 is 2.81 bits per heavy atom. The fourth-order valence-corrected chi connectivity index (χ4v) is 1.96. The van der Waals surface area contributed by atoms with E-state index in [9.17, 15) is 4.79 Å². The molecule has 1 aromatic heterocycles. The van der Waals surface area contributed by atoms with Crippen LogP contribution in [0, 0.1) is 13.8 Å². The summed E-state index contributed by atoms with van der Waals surface area (Å²) in [5.74, 6) is 1.42. The number of benzene rings is 1. The summed E-state index contributed by atoms with van der Waals surface area (Å²) < 4.78 is 11.2. The molecule has 1 amide bonds. The van der Waals surface area contributed by atoms with Gasteiger partial charge in [-0.3, -0.25) is 4.79 Å². The van der Waals surface area contributed by atoms with E-state index in [-0.39, 0.29) is 18.3 Å². The zero-order valence-corrected chi connectivity index (χ0v) is 12.3. The molecule has 0 aliphatic heterocycles. The first-order valence-corrected chi connectivity index (χ1v) is 6.87. The molecule has 0 aliphatic rings. The molecule has 0 bridgehead atoms. The Morgan fingerprint density at radius 1 is 1.29 bits per heavy atom. The van der Waals surface area contributed by atoms with Gasteiger partial charge in [-0.25, -0.2) is 0 Å². The van der Waals surface area contributed by atoms with Crippen LogP contribution in [0.5, 0.6) is 5.75 Å². The maximum absolute atomic E-state index is 11.7. The van der Waals surface area contributed by atoms with Crippen LogP contribution in [0.3, 0.4) is 0 Å². The first kappa shape index (κ1) is 15.1. The van der Waals surface area contributed by atoms with Crippen LogP contribution in [0.2, 0.25) is 0 Å². The molecule has 0 radical (unpaired) electrons. The first-order chi connectivity index (χ1) is 10.1. The number of amides is 1. The van der Waals surface area contributed by atoms with Gasteiger partial charge in [0.25, 0.3) is 5.91 Å².